The Morgan fingerprint density at radius 2 is 2.27 bits per heavy atom. The second-order valence-corrected chi connectivity index (χ2v) is 4.89. The lowest BCUT2D eigenvalue weighted by Gasteiger charge is -2.13. The van der Waals surface area contributed by atoms with Crippen molar-refractivity contribution in [3.05, 3.63) is 21.9 Å². The standard InChI is InChI=1S/C11H20N2OS/c1-3-7-14-8-6-10(13-12)11-5-4-9(2)15-11/h4-5,10,13H,3,6-8,12H2,1-2H3. The topological polar surface area (TPSA) is 47.3 Å². The number of ether oxygens (including phenoxy) is 1. The van der Waals surface area contributed by atoms with E-state index in [2.05, 4.69) is 31.4 Å². The van der Waals surface area contributed by atoms with Gasteiger partial charge in [0.1, 0.15) is 0 Å². The molecule has 0 aromatic carbocycles. The van der Waals surface area contributed by atoms with E-state index < -0.39 is 0 Å². The molecule has 4 heteroatoms. The lowest BCUT2D eigenvalue weighted by atomic mass is 10.2. The smallest absolute Gasteiger partial charge is 0.0575 e. The summed E-state index contributed by atoms with van der Waals surface area (Å²) in [5.41, 5.74) is 2.84. The summed E-state index contributed by atoms with van der Waals surface area (Å²) in [5.74, 6) is 5.53. The highest BCUT2D eigenvalue weighted by molar-refractivity contribution is 7.12. The number of thiophene rings is 1. The van der Waals surface area contributed by atoms with Gasteiger partial charge in [-0.2, -0.15) is 0 Å². The minimum absolute atomic E-state index is 0.223. The third-order valence-corrected chi connectivity index (χ3v) is 3.32. The largest absolute Gasteiger partial charge is 0.381 e. The molecule has 0 aliphatic carbocycles. The molecule has 0 bridgehead atoms. The molecule has 1 atom stereocenters. The fourth-order valence-corrected chi connectivity index (χ4v) is 2.37. The van der Waals surface area contributed by atoms with Gasteiger partial charge in [-0.15, -0.1) is 11.3 Å². The van der Waals surface area contributed by atoms with Crippen LogP contribution in [0, 0.1) is 6.92 Å². The van der Waals surface area contributed by atoms with Gasteiger partial charge in [0.05, 0.1) is 6.04 Å². The van der Waals surface area contributed by atoms with E-state index in [1.165, 1.54) is 9.75 Å². The average Bonchev–Trinajstić information content (AvgIpc) is 2.65. The Labute approximate surface area is 95.6 Å². The zero-order valence-corrected chi connectivity index (χ0v) is 10.3. The van der Waals surface area contributed by atoms with Gasteiger partial charge in [-0.05, 0) is 31.9 Å². The van der Waals surface area contributed by atoms with E-state index in [1.54, 1.807) is 11.3 Å². The molecule has 0 spiro atoms. The molecular weight excluding hydrogens is 208 g/mol. The second kappa shape index (κ2) is 6.95. The van der Waals surface area contributed by atoms with Gasteiger partial charge < -0.3 is 4.74 Å². The molecule has 0 aliphatic rings. The van der Waals surface area contributed by atoms with Crippen molar-refractivity contribution in [2.45, 2.75) is 32.7 Å². The van der Waals surface area contributed by atoms with Crippen LogP contribution in [-0.2, 0) is 4.74 Å². The normalized spacial score (nSPS) is 13.0. The van der Waals surface area contributed by atoms with Crippen LogP contribution in [0.15, 0.2) is 12.1 Å². The number of rotatable bonds is 7. The lowest BCUT2D eigenvalue weighted by Crippen LogP contribution is -2.28. The molecule has 1 aromatic rings. The molecular formula is C11H20N2OS. The average molecular weight is 228 g/mol. The van der Waals surface area contributed by atoms with E-state index in [0.717, 1.165) is 26.1 Å². The zero-order valence-electron chi connectivity index (χ0n) is 9.45. The van der Waals surface area contributed by atoms with E-state index in [4.69, 9.17) is 10.6 Å². The van der Waals surface area contributed by atoms with Crippen LogP contribution in [-0.4, -0.2) is 13.2 Å². The van der Waals surface area contributed by atoms with Crippen molar-refractivity contribution in [3.63, 3.8) is 0 Å². The molecule has 0 amide bonds. The summed E-state index contributed by atoms with van der Waals surface area (Å²) < 4.78 is 5.45. The Balaban J connectivity index is 2.35. The van der Waals surface area contributed by atoms with Crippen LogP contribution in [0.5, 0.6) is 0 Å². The van der Waals surface area contributed by atoms with E-state index >= 15 is 0 Å². The third kappa shape index (κ3) is 4.30. The van der Waals surface area contributed by atoms with Crippen molar-refractivity contribution >= 4 is 11.3 Å². The van der Waals surface area contributed by atoms with Crippen molar-refractivity contribution in [2.24, 2.45) is 5.84 Å². The van der Waals surface area contributed by atoms with Crippen molar-refractivity contribution in [3.8, 4) is 0 Å². The van der Waals surface area contributed by atoms with Gasteiger partial charge in [0.25, 0.3) is 0 Å². The van der Waals surface area contributed by atoms with Crippen molar-refractivity contribution in [2.75, 3.05) is 13.2 Å². The molecule has 15 heavy (non-hydrogen) atoms. The van der Waals surface area contributed by atoms with E-state index in [0.29, 0.717) is 0 Å². The number of hydrogen-bond donors (Lipinski definition) is 2. The fraction of sp³-hybridized carbons (Fsp3) is 0.636. The molecule has 0 saturated heterocycles. The maximum Gasteiger partial charge on any atom is 0.0575 e. The van der Waals surface area contributed by atoms with Gasteiger partial charge in [0, 0.05) is 23.0 Å². The summed E-state index contributed by atoms with van der Waals surface area (Å²) in [7, 11) is 0. The van der Waals surface area contributed by atoms with Crippen LogP contribution in [0.4, 0.5) is 0 Å². The molecule has 1 rings (SSSR count). The van der Waals surface area contributed by atoms with Crippen molar-refractivity contribution < 1.29 is 4.74 Å². The molecule has 1 aromatic heterocycles. The highest BCUT2D eigenvalue weighted by Crippen LogP contribution is 2.24. The Morgan fingerprint density at radius 1 is 1.47 bits per heavy atom. The quantitative estimate of drug-likeness (QED) is 0.428. The summed E-state index contributed by atoms with van der Waals surface area (Å²) >= 11 is 1.79. The first-order valence-corrected chi connectivity index (χ1v) is 6.19. The van der Waals surface area contributed by atoms with E-state index in [9.17, 15) is 0 Å². The Hall–Kier alpha value is -0.420. The number of hydrogen-bond acceptors (Lipinski definition) is 4. The lowest BCUT2D eigenvalue weighted by molar-refractivity contribution is 0.125. The fourth-order valence-electron chi connectivity index (χ4n) is 1.40. The Morgan fingerprint density at radius 3 is 2.80 bits per heavy atom. The highest BCUT2D eigenvalue weighted by atomic mass is 32.1. The van der Waals surface area contributed by atoms with Gasteiger partial charge in [-0.3, -0.25) is 11.3 Å². The van der Waals surface area contributed by atoms with E-state index in [1.807, 2.05) is 0 Å². The molecule has 1 heterocycles. The third-order valence-electron chi connectivity index (χ3n) is 2.21. The molecule has 1 unspecified atom stereocenters. The number of nitrogens with two attached hydrogens (primary N) is 1. The second-order valence-electron chi connectivity index (χ2n) is 3.57. The highest BCUT2D eigenvalue weighted by Gasteiger charge is 2.10. The van der Waals surface area contributed by atoms with Gasteiger partial charge in [0.2, 0.25) is 0 Å². The van der Waals surface area contributed by atoms with Crippen LogP contribution in [0.2, 0.25) is 0 Å². The minimum Gasteiger partial charge on any atom is -0.381 e. The molecule has 0 fully saturated rings. The van der Waals surface area contributed by atoms with Crippen LogP contribution < -0.4 is 11.3 Å². The first-order valence-electron chi connectivity index (χ1n) is 5.38. The molecule has 0 radical (unpaired) electrons. The van der Waals surface area contributed by atoms with Crippen molar-refractivity contribution in [1.82, 2.24) is 5.43 Å². The molecule has 0 aliphatic heterocycles. The number of aryl methyl sites for hydroxylation is 1. The zero-order chi connectivity index (χ0) is 11.1. The first kappa shape index (κ1) is 12.6. The summed E-state index contributed by atoms with van der Waals surface area (Å²) in [5, 5.41) is 0. The molecule has 3 nitrogen and oxygen atoms in total. The molecule has 0 saturated carbocycles. The predicted molar refractivity (Wildman–Crippen MR) is 64.8 cm³/mol. The minimum atomic E-state index is 0.223. The summed E-state index contributed by atoms with van der Waals surface area (Å²) in [6, 6.07) is 4.47. The Kier molecular flexibility index (Phi) is 5.86. The monoisotopic (exact) mass is 228 g/mol. The number of hydrazine groups is 1. The summed E-state index contributed by atoms with van der Waals surface area (Å²) in [6.07, 6.45) is 2.00. The predicted octanol–water partition coefficient (Wildman–Crippen LogP) is 2.38. The molecule has 3 N–H and O–H groups in total. The van der Waals surface area contributed by atoms with Crippen LogP contribution >= 0.6 is 11.3 Å². The van der Waals surface area contributed by atoms with Crippen LogP contribution in [0.25, 0.3) is 0 Å². The SMILES string of the molecule is CCCOCCC(NN)c1ccc(C)s1. The van der Waals surface area contributed by atoms with Gasteiger partial charge in [0.15, 0.2) is 0 Å². The summed E-state index contributed by atoms with van der Waals surface area (Å²) in [4.78, 5) is 2.61. The van der Waals surface area contributed by atoms with E-state index in [-0.39, 0.29) is 6.04 Å². The van der Waals surface area contributed by atoms with Crippen LogP contribution in [0.1, 0.15) is 35.6 Å². The molecule has 86 valence electrons. The van der Waals surface area contributed by atoms with Gasteiger partial charge in [-0.1, -0.05) is 6.92 Å². The Bertz CT molecular complexity index is 275. The van der Waals surface area contributed by atoms with Crippen LogP contribution in [0.3, 0.4) is 0 Å². The maximum atomic E-state index is 5.53. The summed E-state index contributed by atoms with van der Waals surface area (Å²) in [6.45, 7) is 5.82. The van der Waals surface area contributed by atoms with Gasteiger partial charge >= 0.3 is 0 Å². The van der Waals surface area contributed by atoms with Crippen molar-refractivity contribution in [1.29, 1.82) is 0 Å². The maximum absolute atomic E-state index is 5.53. The van der Waals surface area contributed by atoms with Gasteiger partial charge in [-0.25, -0.2) is 0 Å². The number of nitrogens with one attached hydrogen (secondary N) is 1. The first-order chi connectivity index (χ1) is 7.27.